The van der Waals surface area contributed by atoms with Crippen LogP contribution in [0.2, 0.25) is 10.0 Å². The summed E-state index contributed by atoms with van der Waals surface area (Å²) in [6.45, 7) is 1.67. The predicted octanol–water partition coefficient (Wildman–Crippen LogP) is 3.89. The standard InChI is InChI=1S/C11H12Cl2O/c12-9-1-2-10(11(13)7-9)8-3-5-14-6-4-8/h1-2,7-8H,3-6H2. The normalized spacial score (nSPS) is 18.4. The largest absolute Gasteiger partial charge is 0.381 e. The van der Waals surface area contributed by atoms with Gasteiger partial charge in [0.25, 0.3) is 0 Å². The second-order valence-electron chi connectivity index (χ2n) is 3.55. The molecule has 0 bridgehead atoms. The van der Waals surface area contributed by atoms with Gasteiger partial charge >= 0.3 is 0 Å². The van der Waals surface area contributed by atoms with Crippen LogP contribution in [0.4, 0.5) is 0 Å². The molecule has 1 aliphatic rings. The molecule has 1 nitrogen and oxygen atoms in total. The highest BCUT2D eigenvalue weighted by atomic mass is 35.5. The molecule has 1 aromatic carbocycles. The van der Waals surface area contributed by atoms with E-state index in [1.807, 2.05) is 18.2 Å². The molecule has 1 heterocycles. The smallest absolute Gasteiger partial charge is 0.0471 e. The Kier molecular flexibility index (Phi) is 3.32. The fourth-order valence-electron chi connectivity index (χ4n) is 1.84. The maximum atomic E-state index is 6.14. The molecule has 1 fully saturated rings. The van der Waals surface area contributed by atoms with Crippen LogP contribution in [0.15, 0.2) is 18.2 Å². The number of hydrogen-bond acceptors (Lipinski definition) is 1. The minimum Gasteiger partial charge on any atom is -0.381 e. The van der Waals surface area contributed by atoms with Gasteiger partial charge in [-0.05, 0) is 36.5 Å². The first-order chi connectivity index (χ1) is 6.77. The SMILES string of the molecule is Clc1ccc(C2CCOCC2)c(Cl)c1. The summed E-state index contributed by atoms with van der Waals surface area (Å²) in [6.07, 6.45) is 2.11. The molecule has 0 atom stereocenters. The molecule has 76 valence electrons. The Hall–Kier alpha value is -0.240. The van der Waals surface area contributed by atoms with E-state index in [4.69, 9.17) is 27.9 Å². The first kappa shape index (κ1) is 10.3. The number of ether oxygens (including phenoxy) is 1. The quantitative estimate of drug-likeness (QED) is 0.712. The molecule has 2 rings (SSSR count). The summed E-state index contributed by atoms with van der Waals surface area (Å²) < 4.78 is 5.32. The van der Waals surface area contributed by atoms with Gasteiger partial charge in [-0.15, -0.1) is 0 Å². The summed E-state index contributed by atoms with van der Waals surface area (Å²) in [7, 11) is 0. The van der Waals surface area contributed by atoms with Gasteiger partial charge in [0.15, 0.2) is 0 Å². The van der Waals surface area contributed by atoms with Crippen LogP contribution in [0, 0.1) is 0 Å². The van der Waals surface area contributed by atoms with Crippen molar-refractivity contribution in [2.24, 2.45) is 0 Å². The van der Waals surface area contributed by atoms with Gasteiger partial charge in [-0.2, -0.15) is 0 Å². The Balaban J connectivity index is 2.22. The van der Waals surface area contributed by atoms with Crippen molar-refractivity contribution in [3.8, 4) is 0 Å². The third-order valence-corrected chi connectivity index (χ3v) is 3.19. The summed E-state index contributed by atoms with van der Waals surface area (Å²) in [5, 5.41) is 1.48. The van der Waals surface area contributed by atoms with Gasteiger partial charge in [0, 0.05) is 23.3 Å². The lowest BCUT2D eigenvalue weighted by atomic mass is 9.92. The van der Waals surface area contributed by atoms with Crippen LogP contribution >= 0.6 is 23.2 Å². The van der Waals surface area contributed by atoms with Gasteiger partial charge in [0.2, 0.25) is 0 Å². The zero-order chi connectivity index (χ0) is 9.97. The average Bonchev–Trinajstić information content (AvgIpc) is 2.19. The van der Waals surface area contributed by atoms with Gasteiger partial charge in [-0.1, -0.05) is 29.3 Å². The molecular weight excluding hydrogens is 219 g/mol. The number of hydrogen-bond donors (Lipinski definition) is 0. The van der Waals surface area contributed by atoms with Crippen molar-refractivity contribution in [1.82, 2.24) is 0 Å². The zero-order valence-electron chi connectivity index (χ0n) is 7.80. The maximum Gasteiger partial charge on any atom is 0.0471 e. The summed E-state index contributed by atoms with van der Waals surface area (Å²) in [6, 6.07) is 5.74. The summed E-state index contributed by atoms with van der Waals surface area (Å²) in [4.78, 5) is 0. The van der Waals surface area contributed by atoms with E-state index in [-0.39, 0.29) is 0 Å². The van der Waals surface area contributed by atoms with Crippen molar-refractivity contribution in [2.45, 2.75) is 18.8 Å². The lowest BCUT2D eigenvalue weighted by Crippen LogP contribution is -2.14. The fourth-order valence-corrected chi connectivity index (χ4v) is 2.40. The van der Waals surface area contributed by atoms with Crippen molar-refractivity contribution < 1.29 is 4.74 Å². The van der Waals surface area contributed by atoms with Crippen molar-refractivity contribution in [3.05, 3.63) is 33.8 Å². The van der Waals surface area contributed by atoms with Crippen LogP contribution in [-0.2, 0) is 4.74 Å². The first-order valence-corrected chi connectivity index (χ1v) is 5.55. The molecule has 0 saturated carbocycles. The van der Waals surface area contributed by atoms with Crippen molar-refractivity contribution in [2.75, 3.05) is 13.2 Å². The van der Waals surface area contributed by atoms with E-state index < -0.39 is 0 Å². The van der Waals surface area contributed by atoms with E-state index in [0.29, 0.717) is 10.9 Å². The van der Waals surface area contributed by atoms with Crippen LogP contribution in [0.25, 0.3) is 0 Å². The molecule has 0 unspecified atom stereocenters. The molecule has 0 radical (unpaired) electrons. The van der Waals surface area contributed by atoms with Crippen LogP contribution in [0.3, 0.4) is 0 Å². The lowest BCUT2D eigenvalue weighted by molar-refractivity contribution is 0.0853. The van der Waals surface area contributed by atoms with E-state index in [1.54, 1.807) is 0 Å². The van der Waals surface area contributed by atoms with E-state index >= 15 is 0 Å². The molecule has 1 saturated heterocycles. The van der Waals surface area contributed by atoms with Gasteiger partial charge in [-0.25, -0.2) is 0 Å². The molecule has 1 aromatic rings. The molecule has 0 aromatic heterocycles. The van der Waals surface area contributed by atoms with Gasteiger partial charge in [0.05, 0.1) is 0 Å². The zero-order valence-corrected chi connectivity index (χ0v) is 9.31. The minimum atomic E-state index is 0.536. The lowest BCUT2D eigenvalue weighted by Gasteiger charge is -2.23. The fraction of sp³-hybridized carbons (Fsp3) is 0.455. The van der Waals surface area contributed by atoms with Crippen molar-refractivity contribution in [1.29, 1.82) is 0 Å². The number of benzene rings is 1. The molecule has 0 aliphatic carbocycles. The maximum absolute atomic E-state index is 6.14. The van der Waals surface area contributed by atoms with Crippen LogP contribution in [0.5, 0.6) is 0 Å². The van der Waals surface area contributed by atoms with Gasteiger partial charge in [0.1, 0.15) is 0 Å². The minimum absolute atomic E-state index is 0.536. The van der Waals surface area contributed by atoms with E-state index in [2.05, 4.69) is 0 Å². The summed E-state index contributed by atoms with van der Waals surface area (Å²) in [5.74, 6) is 0.536. The number of rotatable bonds is 1. The molecular formula is C11H12Cl2O. The summed E-state index contributed by atoms with van der Waals surface area (Å²) >= 11 is 12.0. The first-order valence-electron chi connectivity index (χ1n) is 4.80. The monoisotopic (exact) mass is 230 g/mol. The van der Waals surface area contributed by atoms with Crippen molar-refractivity contribution in [3.63, 3.8) is 0 Å². The molecule has 1 aliphatic heterocycles. The van der Waals surface area contributed by atoms with Gasteiger partial charge < -0.3 is 4.74 Å². The highest BCUT2D eigenvalue weighted by Gasteiger charge is 2.18. The van der Waals surface area contributed by atoms with Crippen LogP contribution < -0.4 is 0 Å². The molecule has 0 amide bonds. The molecule has 0 N–H and O–H groups in total. The highest BCUT2D eigenvalue weighted by Crippen LogP contribution is 2.33. The average molecular weight is 231 g/mol. The third kappa shape index (κ3) is 2.22. The summed E-state index contributed by atoms with van der Waals surface area (Å²) in [5.41, 5.74) is 1.21. The molecule has 0 spiro atoms. The predicted molar refractivity (Wildman–Crippen MR) is 59.3 cm³/mol. The highest BCUT2D eigenvalue weighted by molar-refractivity contribution is 6.35. The third-order valence-electron chi connectivity index (χ3n) is 2.62. The van der Waals surface area contributed by atoms with Gasteiger partial charge in [-0.3, -0.25) is 0 Å². The van der Waals surface area contributed by atoms with E-state index in [0.717, 1.165) is 31.1 Å². The Morgan fingerprint density at radius 3 is 2.50 bits per heavy atom. The van der Waals surface area contributed by atoms with Crippen LogP contribution in [-0.4, -0.2) is 13.2 Å². The Morgan fingerprint density at radius 1 is 1.14 bits per heavy atom. The van der Waals surface area contributed by atoms with Crippen molar-refractivity contribution >= 4 is 23.2 Å². The van der Waals surface area contributed by atoms with E-state index in [1.165, 1.54) is 5.56 Å². The Morgan fingerprint density at radius 2 is 1.86 bits per heavy atom. The molecule has 3 heteroatoms. The Bertz CT molecular complexity index is 319. The second-order valence-corrected chi connectivity index (χ2v) is 4.40. The van der Waals surface area contributed by atoms with Crippen LogP contribution in [0.1, 0.15) is 24.3 Å². The second kappa shape index (κ2) is 4.52. The topological polar surface area (TPSA) is 9.23 Å². The van der Waals surface area contributed by atoms with E-state index in [9.17, 15) is 0 Å². The number of halogens is 2. The Labute approximate surface area is 94.0 Å². The molecule has 14 heavy (non-hydrogen) atoms.